The summed E-state index contributed by atoms with van der Waals surface area (Å²) < 4.78 is 5.29. The quantitative estimate of drug-likeness (QED) is 0.581. The number of methoxy groups -OCH3 is 1. The standard InChI is InChI=1S/C25H37N7O3/c1-19(2)26-25(34)32(12-11-29(3)4)18-24(33)31-15-13-30(14-16-31)23-10-9-22(27-28-23)20-7-6-8-21(17-20)35-5/h6-10,17,19H,11-16,18H2,1-5H3,(H,26,34). The molecule has 2 heterocycles. The molecule has 0 unspecified atom stereocenters. The third-order valence-corrected chi connectivity index (χ3v) is 5.81. The third kappa shape index (κ3) is 7.54. The number of anilines is 1. The van der Waals surface area contributed by atoms with Crippen molar-refractivity contribution in [1.29, 1.82) is 0 Å². The van der Waals surface area contributed by atoms with Crippen LogP contribution in [0.4, 0.5) is 10.6 Å². The van der Waals surface area contributed by atoms with Gasteiger partial charge in [-0.2, -0.15) is 0 Å². The molecule has 1 aromatic heterocycles. The van der Waals surface area contributed by atoms with Crippen LogP contribution < -0.4 is 15.0 Å². The molecule has 1 aromatic carbocycles. The average molecular weight is 484 g/mol. The largest absolute Gasteiger partial charge is 0.497 e. The SMILES string of the molecule is COc1cccc(-c2ccc(N3CCN(C(=O)CN(CCN(C)C)C(=O)NC(C)C)CC3)nn2)c1. The van der Waals surface area contributed by atoms with E-state index in [4.69, 9.17) is 4.74 Å². The fourth-order valence-electron chi connectivity index (χ4n) is 3.79. The van der Waals surface area contributed by atoms with E-state index in [1.807, 2.05) is 74.1 Å². The van der Waals surface area contributed by atoms with Gasteiger partial charge in [0, 0.05) is 50.9 Å². The highest BCUT2D eigenvalue weighted by atomic mass is 16.5. The average Bonchev–Trinajstić information content (AvgIpc) is 2.86. The predicted octanol–water partition coefficient (Wildman–Crippen LogP) is 1.78. The summed E-state index contributed by atoms with van der Waals surface area (Å²) >= 11 is 0. The molecule has 190 valence electrons. The monoisotopic (exact) mass is 483 g/mol. The molecule has 35 heavy (non-hydrogen) atoms. The Bertz CT molecular complexity index is 973. The van der Waals surface area contributed by atoms with Crippen LogP contribution in [0, 0.1) is 0 Å². The highest BCUT2D eigenvalue weighted by Crippen LogP contribution is 2.23. The molecule has 10 nitrogen and oxygen atoms in total. The summed E-state index contributed by atoms with van der Waals surface area (Å²) in [7, 11) is 5.54. The summed E-state index contributed by atoms with van der Waals surface area (Å²) in [6, 6.07) is 11.4. The van der Waals surface area contributed by atoms with Gasteiger partial charge in [-0.05, 0) is 52.2 Å². The van der Waals surface area contributed by atoms with Crippen LogP contribution in [0.15, 0.2) is 36.4 Å². The highest BCUT2D eigenvalue weighted by molar-refractivity contribution is 5.84. The van der Waals surface area contributed by atoms with E-state index in [1.54, 1.807) is 12.0 Å². The zero-order chi connectivity index (χ0) is 25.4. The summed E-state index contributed by atoms with van der Waals surface area (Å²) in [4.78, 5) is 33.1. The van der Waals surface area contributed by atoms with Crippen molar-refractivity contribution in [2.24, 2.45) is 0 Å². The van der Waals surface area contributed by atoms with E-state index >= 15 is 0 Å². The molecule has 1 fully saturated rings. The van der Waals surface area contributed by atoms with Crippen LogP contribution in [-0.2, 0) is 4.79 Å². The van der Waals surface area contributed by atoms with Gasteiger partial charge in [-0.15, -0.1) is 10.2 Å². The maximum absolute atomic E-state index is 13.0. The molecule has 0 radical (unpaired) electrons. The van der Waals surface area contributed by atoms with Crippen molar-refractivity contribution in [2.75, 3.05) is 71.9 Å². The molecule has 0 aliphatic carbocycles. The zero-order valence-electron chi connectivity index (χ0n) is 21.4. The number of piperazine rings is 1. The lowest BCUT2D eigenvalue weighted by molar-refractivity contribution is -0.132. The van der Waals surface area contributed by atoms with Crippen LogP contribution in [0.5, 0.6) is 5.75 Å². The topological polar surface area (TPSA) is 94.1 Å². The number of nitrogens with one attached hydrogen (secondary N) is 1. The van der Waals surface area contributed by atoms with Gasteiger partial charge < -0.3 is 29.7 Å². The summed E-state index contributed by atoms with van der Waals surface area (Å²) in [6.07, 6.45) is 0. The highest BCUT2D eigenvalue weighted by Gasteiger charge is 2.25. The van der Waals surface area contributed by atoms with Crippen molar-refractivity contribution in [3.8, 4) is 17.0 Å². The number of amides is 3. The van der Waals surface area contributed by atoms with E-state index in [2.05, 4.69) is 20.4 Å². The van der Waals surface area contributed by atoms with E-state index in [0.717, 1.165) is 22.8 Å². The van der Waals surface area contributed by atoms with Crippen molar-refractivity contribution in [1.82, 2.24) is 30.2 Å². The second kappa shape index (κ2) is 12.3. The van der Waals surface area contributed by atoms with Gasteiger partial charge in [-0.25, -0.2) is 4.79 Å². The number of aromatic nitrogens is 2. The number of nitrogens with zero attached hydrogens (tertiary/aromatic N) is 6. The van der Waals surface area contributed by atoms with E-state index < -0.39 is 0 Å². The zero-order valence-corrected chi connectivity index (χ0v) is 21.4. The molecular formula is C25H37N7O3. The number of urea groups is 1. The van der Waals surface area contributed by atoms with Gasteiger partial charge in [0.05, 0.1) is 12.8 Å². The molecule has 1 aliphatic rings. The molecule has 0 bridgehead atoms. The Labute approximate surface area is 207 Å². The molecule has 1 saturated heterocycles. The molecule has 0 spiro atoms. The Morgan fingerprint density at radius 2 is 1.80 bits per heavy atom. The lowest BCUT2D eigenvalue weighted by atomic mass is 10.1. The minimum absolute atomic E-state index is 0.0134. The second-order valence-electron chi connectivity index (χ2n) is 9.21. The van der Waals surface area contributed by atoms with Gasteiger partial charge in [0.2, 0.25) is 5.91 Å². The fraction of sp³-hybridized carbons (Fsp3) is 0.520. The molecular weight excluding hydrogens is 446 g/mol. The number of hydrogen-bond acceptors (Lipinski definition) is 7. The fourth-order valence-corrected chi connectivity index (χ4v) is 3.79. The second-order valence-corrected chi connectivity index (χ2v) is 9.21. The van der Waals surface area contributed by atoms with Crippen LogP contribution in [0.2, 0.25) is 0 Å². The number of benzene rings is 1. The number of hydrogen-bond donors (Lipinski definition) is 1. The predicted molar refractivity (Wildman–Crippen MR) is 137 cm³/mol. The van der Waals surface area contributed by atoms with Gasteiger partial charge >= 0.3 is 6.03 Å². The van der Waals surface area contributed by atoms with Crippen LogP contribution in [-0.4, -0.2) is 110 Å². The van der Waals surface area contributed by atoms with Gasteiger partial charge in [0.15, 0.2) is 5.82 Å². The summed E-state index contributed by atoms with van der Waals surface area (Å²) in [5.41, 5.74) is 1.72. The number of ether oxygens (including phenoxy) is 1. The Kier molecular flexibility index (Phi) is 9.25. The third-order valence-electron chi connectivity index (χ3n) is 5.81. The van der Waals surface area contributed by atoms with Crippen LogP contribution in [0.25, 0.3) is 11.3 Å². The number of carbonyl (C=O) groups is 2. The van der Waals surface area contributed by atoms with Crippen LogP contribution in [0.3, 0.4) is 0 Å². The number of likely N-dealkylation sites (N-methyl/N-ethyl adjacent to an activating group) is 1. The minimum atomic E-state index is -0.208. The normalized spacial score (nSPS) is 13.8. The van der Waals surface area contributed by atoms with E-state index in [-0.39, 0.29) is 24.5 Å². The van der Waals surface area contributed by atoms with Crippen molar-refractivity contribution in [3.05, 3.63) is 36.4 Å². The maximum atomic E-state index is 13.0. The maximum Gasteiger partial charge on any atom is 0.318 e. The molecule has 1 N–H and O–H groups in total. The first-order valence-electron chi connectivity index (χ1n) is 12.0. The van der Waals surface area contributed by atoms with Crippen LogP contribution in [0.1, 0.15) is 13.8 Å². The lowest BCUT2D eigenvalue weighted by Gasteiger charge is -2.36. The number of rotatable bonds is 9. The Morgan fingerprint density at radius 1 is 1.06 bits per heavy atom. The minimum Gasteiger partial charge on any atom is -0.497 e. The van der Waals surface area contributed by atoms with E-state index in [9.17, 15) is 9.59 Å². The molecule has 0 saturated carbocycles. The van der Waals surface area contributed by atoms with Crippen molar-refractivity contribution in [3.63, 3.8) is 0 Å². The van der Waals surface area contributed by atoms with Crippen molar-refractivity contribution in [2.45, 2.75) is 19.9 Å². The van der Waals surface area contributed by atoms with Gasteiger partial charge in [-0.1, -0.05) is 12.1 Å². The molecule has 1 aliphatic heterocycles. The molecule has 10 heteroatoms. The Morgan fingerprint density at radius 3 is 2.40 bits per heavy atom. The Hall–Kier alpha value is -3.40. The Balaban J connectivity index is 1.56. The lowest BCUT2D eigenvalue weighted by Crippen LogP contribution is -2.54. The summed E-state index contributed by atoms with van der Waals surface area (Å²) in [6.45, 7) is 7.55. The molecule has 0 atom stereocenters. The van der Waals surface area contributed by atoms with Gasteiger partial charge in [0.1, 0.15) is 12.3 Å². The first-order valence-corrected chi connectivity index (χ1v) is 12.0. The molecule has 2 aromatic rings. The van der Waals surface area contributed by atoms with Crippen molar-refractivity contribution < 1.29 is 14.3 Å². The summed E-state index contributed by atoms with van der Waals surface area (Å²) in [5, 5.41) is 11.7. The number of carbonyl (C=O) groups excluding carboxylic acids is 2. The van der Waals surface area contributed by atoms with Gasteiger partial charge in [-0.3, -0.25) is 4.79 Å². The molecule has 3 amide bonds. The molecule has 3 rings (SSSR count). The first kappa shape index (κ1) is 26.2. The first-order chi connectivity index (χ1) is 16.8. The van der Waals surface area contributed by atoms with Crippen LogP contribution >= 0.6 is 0 Å². The van der Waals surface area contributed by atoms with E-state index in [0.29, 0.717) is 39.3 Å². The van der Waals surface area contributed by atoms with E-state index in [1.165, 1.54) is 0 Å². The smallest absolute Gasteiger partial charge is 0.318 e. The summed E-state index contributed by atoms with van der Waals surface area (Å²) in [5.74, 6) is 1.52. The van der Waals surface area contributed by atoms with Crippen molar-refractivity contribution >= 4 is 17.8 Å². The van der Waals surface area contributed by atoms with Gasteiger partial charge in [0.25, 0.3) is 0 Å².